The van der Waals surface area contributed by atoms with Crippen molar-refractivity contribution < 1.29 is 9.18 Å². The van der Waals surface area contributed by atoms with Gasteiger partial charge < -0.3 is 5.32 Å². The molecule has 0 aliphatic carbocycles. The molecule has 0 aliphatic heterocycles. The predicted octanol–water partition coefficient (Wildman–Crippen LogP) is 2.89. The molecule has 0 saturated carbocycles. The van der Waals surface area contributed by atoms with Crippen molar-refractivity contribution in [2.75, 3.05) is 5.32 Å². The molecular weight excluding hydrogens is 333 g/mol. The number of nitrogens with one attached hydrogen (secondary N) is 1. The summed E-state index contributed by atoms with van der Waals surface area (Å²) in [5, 5.41) is 13.7. The summed E-state index contributed by atoms with van der Waals surface area (Å²) in [5.41, 5.74) is 0.986. The fourth-order valence-corrected chi connectivity index (χ4v) is 2.42. The molecule has 0 radical (unpaired) electrons. The Hall–Kier alpha value is -2.80. The minimum absolute atomic E-state index is 0.0514. The molecule has 1 N–H and O–H groups in total. The first-order valence-electron chi connectivity index (χ1n) is 7.16. The third-order valence-electron chi connectivity index (χ3n) is 3.45. The van der Waals surface area contributed by atoms with Crippen LogP contribution in [0.2, 0.25) is 5.02 Å². The first-order chi connectivity index (χ1) is 11.6. The number of benzene rings is 2. The molecule has 1 atom stereocenters. The molecule has 0 aliphatic rings. The molecule has 0 saturated heterocycles. The Morgan fingerprint density at radius 2 is 2.04 bits per heavy atom. The third kappa shape index (κ3) is 3.75. The quantitative estimate of drug-likeness (QED) is 0.771. The van der Waals surface area contributed by atoms with E-state index in [9.17, 15) is 9.18 Å². The Morgan fingerprint density at radius 1 is 1.25 bits per heavy atom. The van der Waals surface area contributed by atoms with Gasteiger partial charge in [0, 0.05) is 11.4 Å². The van der Waals surface area contributed by atoms with Crippen LogP contribution in [0.25, 0.3) is 0 Å². The second-order valence-electron chi connectivity index (χ2n) is 5.11. The van der Waals surface area contributed by atoms with E-state index in [1.165, 1.54) is 23.1 Å². The number of aromatic nitrogens is 4. The van der Waals surface area contributed by atoms with E-state index < -0.39 is 17.8 Å². The van der Waals surface area contributed by atoms with Crippen molar-refractivity contribution in [3.05, 3.63) is 71.3 Å². The summed E-state index contributed by atoms with van der Waals surface area (Å²) in [7, 11) is 0. The van der Waals surface area contributed by atoms with Crippen LogP contribution in [0.15, 0.2) is 54.9 Å². The Labute approximate surface area is 142 Å². The molecule has 0 fully saturated rings. The van der Waals surface area contributed by atoms with Crippen molar-refractivity contribution in [1.82, 2.24) is 20.2 Å². The second-order valence-corrected chi connectivity index (χ2v) is 5.55. The van der Waals surface area contributed by atoms with Gasteiger partial charge in [-0.2, -0.15) is 0 Å². The van der Waals surface area contributed by atoms with Gasteiger partial charge in [0.05, 0.1) is 5.69 Å². The number of carbonyl (C=O) groups excluding carboxylic acids is 1. The van der Waals surface area contributed by atoms with Crippen molar-refractivity contribution in [1.29, 1.82) is 0 Å². The van der Waals surface area contributed by atoms with Crippen LogP contribution in [-0.4, -0.2) is 26.1 Å². The smallest absolute Gasteiger partial charge is 0.249 e. The molecular formula is C16H13ClFN5O. The van der Waals surface area contributed by atoms with Gasteiger partial charge in [-0.1, -0.05) is 41.9 Å². The minimum Gasteiger partial charge on any atom is -0.322 e. The number of nitrogens with zero attached hydrogens (tertiary/aromatic N) is 4. The van der Waals surface area contributed by atoms with Gasteiger partial charge in [0.15, 0.2) is 0 Å². The fraction of sp³-hybridized carbons (Fsp3) is 0.125. The van der Waals surface area contributed by atoms with E-state index in [1.807, 2.05) is 30.3 Å². The zero-order valence-electron chi connectivity index (χ0n) is 12.4. The maximum absolute atomic E-state index is 13.9. The minimum atomic E-state index is -0.711. The van der Waals surface area contributed by atoms with Crippen LogP contribution in [-0.2, 0) is 11.2 Å². The summed E-state index contributed by atoms with van der Waals surface area (Å²) in [4.78, 5) is 12.6. The van der Waals surface area contributed by atoms with E-state index in [0.717, 1.165) is 11.6 Å². The maximum Gasteiger partial charge on any atom is 0.249 e. The molecule has 8 heteroatoms. The summed E-state index contributed by atoms with van der Waals surface area (Å²) in [5.74, 6) is -1.03. The Morgan fingerprint density at radius 3 is 2.71 bits per heavy atom. The molecule has 3 rings (SSSR count). The van der Waals surface area contributed by atoms with E-state index in [1.54, 1.807) is 0 Å². The second kappa shape index (κ2) is 7.18. The lowest BCUT2D eigenvalue weighted by molar-refractivity contribution is -0.119. The molecule has 122 valence electrons. The third-order valence-corrected chi connectivity index (χ3v) is 3.68. The number of hydrogen-bond acceptors (Lipinski definition) is 4. The summed E-state index contributed by atoms with van der Waals surface area (Å²) in [6, 6.07) is 12.8. The van der Waals surface area contributed by atoms with Gasteiger partial charge in [-0.05, 0) is 34.2 Å². The van der Waals surface area contributed by atoms with Crippen molar-refractivity contribution in [2.45, 2.75) is 12.5 Å². The molecule has 2 aromatic carbocycles. The van der Waals surface area contributed by atoms with E-state index in [-0.39, 0.29) is 10.7 Å². The molecule has 24 heavy (non-hydrogen) atoms. The van der Waals surface area contributed by atoms with E-state index in [2.05, 4.69) is 20.8 Å². The highest BCUT2D eigenvalue weighted by Crippen LogP contribution is 2.21. The standard InChI is InChI=1S/C16H13ClFN5O/c17-12-6-7-14(13(18)9-12)20-16(24)15(23-10-19-21-22-23)8-11-4-2-1-3-5-11/h1-7,9-10,15H,8H2,(H,20,24). The molecule has 1 amide bonds. The number of halogens is 2. The fourth-order valence-electron chi connectivity index (χ4n) is 2.26. The molecule has 0 spiro atoms. The number of tetrazole rings is 1. The molecule has 1 unspecified atom stereocenters. The first-order valence-corrected chi connectivity index (χ1v) is 7.53. The summed E-state index contributed by atoms with van der Waals surface area (Å²) < 4.78 is 15.2. The maximum atomic E-state index is 13.9. The normalized spacial score (nSPS) is 11.9. The zero-order valence-corrected chi connectivity index (χ0v) is 13.2. The van der Waals surface area contributed by atoms with Crippen LogP contribution in [0.5, 0.6) is 0 Å². The highest BCUT2D eigenvalue weighted by atomic mass is 35.5. The van der Waals surface area contributed by atoms with Gasteiger partial charge in [0.1, 0.15) is 18.2 Å². The summed E-state index contributed by atoms with van der Waals surface area (Å²) in [6.07, 6.45) is 1.72. The lowest BCUT2D eigenvalue weighted by Crippen LogP contribution is -2.28. The SMILES string of the molecule is O=C(Nc1ccc(Cl)cc1F)C(Cc1ccccc1)n1cnnn1. The van der Waals surface area contributed by atoms with Crippen molar-refractivity contribution in [2.24, 2.45) is 0 Å². The van der Waals surface area contributed by atoms with Crippen molar-refractivity contribution >= 4 is 23.2 Å². The Bertz CT molecular complexity index is 826. The predicted molar refractivity (Wildman–Crippen MR) is 87.0 cm³/mol. The highest BCUT2D eigenvalue weighted by molar-refractivity contribution is 6.30. The van der Waals surface area contributed by atoms with Gasteiger partial charge in [-0.3, -0.25) is 4.79 Å². The largest absolute Gasteiger partial charge is 0.322 e. The van der Waals surface area contributed by atoms with Crippen molar-refractivity contribution in [3.8, 4) is 0 Å². The molecule has 1 aromatic heterocycles. The average molecular weight is 346 g/mol. The van der Waals surface area contributed by atoms with Crippen LogP contribution >= 0.6 is 11.6 Å². The van der Waals surface area contributed by atoms with E-state index >= 15 is 0 Å². The molecule has 1 heterocycles. The number of hydrogen-bond donors (Lipinski definition) is 1. The average Bonchev–Trinajstić information content (AvgIpc) is 3.10. The summed E-state index contributed by atoms with van der Waals surface area (Å²) >= 11 is 5.72. The Balaban J connectivity index is 1.83. The topological polar surface area (TPSA) is 72.7 Å². The lowest BCUT2D eigenvalue weighted by Gasteiger charge is -2.16. The van der Waals surface area contributed by atoms with E-state index in [0.29, 0.717) is 6.42 Å². The molecule has 6 nitrogen and oxygen atoms in total. The van der Waals surface area contributed by atoms with Gasteiger partial charge >= 0.3 is 0 Å². The van der Waals surface area contributed by atoms with Crippen LogP contribution in [0, 0.1) is 5.82 Å². The van der Waals surface area contributed by atoms with Gasteiger partial charge in [-0.25, -0.2) is 9.07 Å². The zero-order chi connectivity index (χ0) is 16.9. The van der Waals surface area contributed by atoms with Crippen LogP contribution in [0.4, 0.5) is 10.1 Å². The van der Waals surface area contributed by atoms with Gasteiger partial charge in [0.25, 0.3) is 0 Å². The highest BCUT2D eigenvalue weighted by Gasteiger charge is 2.23. The molecule has 3 aromatic rings. The van der Waals surface area contributed by atoms with Gasteiger partial charge in [-0.15, -0.1) is 5.10 Å². The number of anilines is 1. The van der Waals surface area contributed by atoms with E-state index in [4.69, 9.17) is 11.6 Å². The summed E-state index contributed by atoms with van der Waals surface area (Å²) in [6.45, 7) is 0. The first kappa shape index (κ1) is 16.1. The van der Waals surface area contributed by atoms with Crippen molar-refractivity contribution in [3.63, 3.8) is 0 Å². The lowest BCUT2D eigenvalue weighted by atomic mass is 10.1. The number of carbonyl (C=O) groups is 1. The Kier molecular flexibility index (Phi) is 4.81. The molecule has 0 bridgehead atoms. The number of amides is 1. The number of rotatable bonds is 5. The van der Waals surface area contributed by atoms with Gasteiger partial charge in [0.2, 0.25) is 5.91 Å². The van der Waals surface area contributed by atoms with Crippen LogP contribution in [0.1, 0.15) is 11.6 Å². The van der Waals surface area contributed by atoms with Crippen LogP contribution < -0.4 is 5.32 Å². The van der Waals surface area contributed by atoms with Crippen LogP contribution in [0.3, 0.4) is 0 Å². The monoisotopic (exact) mass is 345 g/mol.